The number of nitrogens with zero attached hydrogens (tertiary/aromatic N) is 1. The van der Waals surface area contributed by atoms with Gasteiger partial charge >= 0.3 is 0 Å². The second-order valence-electron chi connectivity index (χ2n) is 3.16. The molecule has 1 heterocycles. The fraction of sp³-hybridized carbons (Fsp3) is 0.625. The van der Waals surface area contributed by atoms with E-state index in [0.717, 1.165) is 30.5 Å². The monoisotopic (exact) mass is 167 g/mol. The van der Waals surface area contributed by atoms with Gasteiger partial charge in [-0.3, -0.25) is 5.10 Å². The zero-order valence-corrected chi connectivity index (χ0v) is 7.13. The normalized spacial score (nSPS) is 22.2. The number of hydrogen-bond donors (Lipinski definition) is 2. The van der Waals surface area contributed by atoms with Gasteiger partial charge in [0.2, 0.25) is 0 Å². The number of aromatic nitrogens is 2. The van der Waals surface area contributed by atoms with Crippen LogP contribution in [0, 0.1) is 0 Å². The molecule has 0 fully saturated rings. The van der Waals surface area contributed by atoms with E-state index in [2.05, 4.69) is 10.2 Å². The summed E-state index contributed by atoms with van der Waals surface area (Å²) in [5.41, 5.74) is 7.96. The minimum atomic E-state index is 0.317. The van der Waals surface area contributed by atoms with E-state index in [4.69, 9.17) is 10.5 Å². The van der Waals surface area contributed by atoms with Crippen molar-refractivity contribution in [1.82, 2.24) is 10.2 Å². The number of nitrogen functional groups attached to an aromatic ring is 1. The molecule has 1 unspecified atom stereocenters. The maximum Gasteiger partial charge on any atom is 0.122 e. The number of nitrogens with one attached hydrogen (secondary N) is 1. The Morgan fingerprint density at radius 1 is 1.67 bits per heavy atom. The molecule has 0 radical (unpaired) electrons. The van der Waals surface area contributed by atoms with Crippen molar-refractivity contribution in [3.63, 3.8) is 0 Å². The molecule has 66 valence electrons. The molecule has 0 aliphatic heterocycles. The molecule has 0 saturated carbocycles. The predicted octanol–water partition coefficient (Wildman–Crippen LogP) is 0.496. The van der Waals surface area contributed by atoms with Gasteiger partial charge in [0.05, 0.1) is 11.8 Å². The number of rotatable bonds is 1. The number of nitrogens with two attached hydrogens (primary N) is 1. The van der Waals surface area contributed by atoms with Gasteiger partial charge in [0.15, 0.2) is 0 Å². The number of fused-ring (bicyclic) bond motifs is 1. The first kappa shape index (κ1) is 7.61. The molecule has 4 nitrogen and oxygen atoms in total. The van der Waals surface area contributed by atoms with Gasteiger partial charge in [0, 0.05) is 19.1 Å². The van der Waals surface area contributed by atoms with Gasteiger partial charge in [-0.25, -0.2) is 0 Å². The lowest BCUT2D eigenvalue weighted by Gasteiger charge is -2.19. The highest BCUT2D eigenvalue weighted by Gasteiger charge is 2.22. The molecule has 0 spiro atoms. The predicted molar refractivity (Wildman–Crippen MR) is 45.8 cm³/mol. The molecule has 0 saturated heterocycles. The van der Waals surface area contributed by atoms with Crippen LogP contribution in [0.4, 0.5) is 5.82 Å². The SMILES string of the molecule is COC1CCc2n[nH]c(N)c2C1. The van der Waals surface area contributed by atoms with Crippen molar-refractivity contribution in [3.05, 3.63) is 11.3 Å². The van der Waals surface area contributed by atoms with Crippen LogP contribution in [0.3, 0.4) is 0 Å². The largest absolute Gasteiger partial charge is 0.384 e. The van der Waals surface area contributed by atoms with Gasteiger partial charge in [-0.05, 0) is 12.8 Å². The van der Waals surface area contributed by atoms with Crippen molar-refractivity contribution in [1.29, 1.82) is 0 Å². The summed E-state index contributed by atoms with van der Waals surface area (Å²) in [6, 6.07) is 0. The molecule has 1 aromatic heterocycles. The Morgan fingerprint density at radius 2 is 2.50 bits per heavy atom. The fourth-order valence-electron chi connectivity index (χ4n) is 1.68. The lowest BCUT2D eigenvalue weighted by Crippen LogP contribution is -2.21. The van der Waals surface area contributed by atoms with Crippen LogP contribution in [-0.2, 0) is 17.6 Å². The topological polar surface area (TPSA) is 63.9 Å². The van der Waals surface area contributed by atoms with Crippen LogP contribution < -0.4 is 5.73 Å². The summed E-state index contributed by atoms with van der Waals surface area (Å²) in [6.07, 6.45) is 3.24. The van der Waals surface area contributed by atoms with Gasteiger partial charge in [-0.2, -0.15) is 5.10 Å². The lowest BCUT2D eigenvalue weighted by molar-refractivity contribution is 0.0910. The van der Waals surface area contributed by atoms with Gasteiger partial charge in [0.1, 0.15) is 5.82 Å². The number of anilines is 1. The summed E-state index contributed by atoms with van der Waals surface area (Å²) >= 11 is 0. The van der Waals surface area contributed by atoms with Crippen molar-refractivity contribution >= 4 is 5.82 Å². The molecule has 1 atom stereocenters. The van der Waals surface area contributed by atoms with Crippen molar-refractivity contribution in [2.24, 2.45) is 0 Å². The van der Waals surface area contributed by atoms with E-state index in [-0.39, 0.29) is 0 Å². The van der Waals surface area contributed by atoms with Crippen molar-refractivity contribution in [2.75, 3.05) is 12.8 Å². The minimum absolute atomic E-state index is 0.317. The molecule has 0 aromatic carbocycles. The molecule has 3 N–H and O–H groups in total. The van der Waals surface area contributed by atoms with Gasteiger partial charge in [-0.1, -0.05) is 0 Å². The molecule has 1 aliphatic rings. The van der Waals surface area contributed by atoms with Crippen LogP contribution in [0.25, 0.3) is 0 Å². The maximum absolute atomic E-state index is 5.70. The smallest absolute Gasteiger partial charge is 0.122 e. The summed E-state index contributed by atoms with van der Waals surface area (Å²) < 4.78 is 5.28. The van der Waals surface area contributed by atoms with E-state index >= 15 is 0 Å². The summed E-state index contributed by atoms with van der Waals surface area (Å²) in [6.45, 7) is 0. The van der Waals surface area contributed by atoms with Crippen molar-refractivity contribution < 1.29 is 4.74 Å². The number of H-pyrrole nitrogens is 1. The van der Waals surface area contributed by atoms with Crippen LogP contribution in [0.2, 0.25) is 0 Å². The maximum atomic E-state index is 5.70. The van der Waals surface area contributed by atoms with Crippen molar-refractivity contribution in [2.45, 2.75) is 25.4 Å². The van der Waals surface area contributed by atoms with E-state index < -0.39 is 0 Å². The van der Waals surface area contributed by atoms with E-state index in [1.165, 1.54) is 0 Å². The van der Waals surface area contributed by atoms with Gasteiger partial charge < -0.3 is 10.5 Å². The third kappa shape index (κ3) is 1.08. The Morgan fingerprint density at radius 3 is 3.25 bits per heavy atom. The van der Waals surface area contributed by atoms with E-state index in [0.29, 0.717) is 11.9 Å². The summed E-state index contributed by atoms with van der Waals surface area (Å²) in [7, 11) is 1.74. The first-order chi connectivity index (χ1) is 5.81. The van der Waals surface area contributed by atoms with E-state index in [9.17, 15) is 0 Å². The third-order valence-electron chi connectivity index (χ3n) is 2.45. The molecule has 4 heteroatoms. The second-order valence-corrected chi connectivity index (χ2v) is 3.16. The molecule has 0 amide bonds. The standard InChI is InChI=1S/C8H13N3O/c1-12-5-2-3-7-6(4-5)8(9)11-10-7/h5H,2-4H2,1H3,(H3,9,10,11). The minimum Gasteiger partial charge on any atom is -0.384 e. The fourth-order valence-corrected chi connectivity index (χ4v) is 1.68. The number of aromatic amines is 1. The number of aryl methyl sites for hydroxylation is 1. The Labute approximate surface area is 71.1 Å². The van der Waals surface area contributed by atoms with Crippen LogP contribution in [0.5, 0.6) is 0 Å². The molecule has 12 heavy (non-hydrogen) atoms. The Bertz CT molecular complexity index is 282. The molecular weight excluding hydrogens is 154 g/mol. The Balaban J connectivity index is 2.26. The number of ether oxygens (including phenoxy) is 1. The van der Waals surface area contributed by atoms with Crippen molar-refractivity contribution in [3.8, 4) is 0 Å². The lowest BCUT2D eigenvalue weighted by atomic mass is 9.95. The van der Waals surface area contributed by atoms with Gasteiger partial charge in [-0.15, -0.1) is 0 Å². The molecule has 1 aromatic rings. The van der Waals surface area contributed by atoms with E-state index in [1.807, 2.05) is 0 Å². The molecule has 1 aliphatic carbocycles. The highest BCUT2D eigenvalue weighted by atomic mass is 16.5. The summed E-state index contributed by atoms with van der Waals surface area (Å²) in [5.74, 6) is 0.701. The molecular formula is C8H13N3O. The summed E-state index contributed by atoms with van der Waals surface area (Å²) in [5, 5.41) is 6.92. The third-order valence-corrected chi connectivity index (χ3v) is 2.45. The Hall–Kier alpha value is -1.03. The molecule has 2 rings (SSSR count). The molecule has 0 bridgehead atoms. The van der Waals surface area contributed by atoms with Crippen LogP contribution >= 0.6 is 0 Å². The van der Waals surface area contributed by atoms with Crippen LogP contribution in [-0.4, -0.2) is 23.4 Å². The van der Waals surface area contributed by atoms with Crippen LogP contribution in [0.15, 0.2) is 0 Å². The Kier molecular flexibility index (Phi) is 1.77. The number of hydrogen-bond acceptors (Lipinski definition) is 3. The first-order valence-electron chi connectivity index (χ1n) is 4.15. The zero-order chi connectivity index (χ0) is 8.55. The average Bonchev–Trinajstić information content (AvgIpc) is 2.47. The van der Waals surface area contributed by atoms with Gasteiger partial charge in [0.25, 0.3) is 0 Å². The zero-order valence-electron chi connectivity index (χ0n) is 7.13. The highest BCUT2D eigenvalue weighted by Crippen LogP contribution is 2.24. The highest BCUT2D eigenvalue weighted by molar-refractivity contribution is 5.43. The number of methoxy groups -OCH3 is 1. The van der Waals surface area contributed by atoms with Crippen LogP contribution in [0.1, 0.15) is 17.7 Å². The second kappa shape index (κ2) is 2.79. The van der Waals surface area contributed by atoms with E-state index in [1.54, 1.807) is 7.11 Å². The summed E-state index contributed by atoms with van der Waals surface area (Å²) in [4.78, 5) is 0. The quantitative estimate of drug-likeness (QED) is 0.640. The average molecular weight is 167 g/mol. The first-order valence-corrected chi connectivity index (χ1v) is 4.15.